The van der Waals surface area contributed by atoms with Crippen molar-refractivity contribution in [3.63, 3.8) is 0 Å². The first kappa shape index (κ1) is 20.2. The lowest BCUT2D eigenvalue weighted by molar-refractivity contribution is 0.484. The van der Waals surface area contributed by atoms with Crippen molar-refractivity contribution < 1.29 is 4.42 Å². The number of hydrogen-bond donors (Lipinski definition) is 2. The molecule has 0 atom stereocenters. The van der Waals surface area contributed by atoms with Crippen LogP contribution < -0.4 is 11.3 Å². The van der Waals surface area contributed by atoms with E-state index < -0.39 is 0 Å². The van der Waals surface area contributed by atoms with Crippen LogP contribution in [-0.4, -0.2) is 27.2 Å². The smallest absolute Gasteiger partial charge is 0.215 e. The van der Waals surface area contributed by atoms with Crippen molar-refractivity contribution in [3.8, 4) is 0 Å². The molecule has 0 aliphatic carbocycles. The molecular formula is C23H25N5OS. The number of imidazole rings is 1. The zero-order chi connectivity index (χ0) is 20.8. The number of nitrogens with zero attached hydrogens (tertiary/aromatic N) is 3. The van der Waals surface area contributed by atoms with Gasteiger partial charge < -0.3 is 15.1 Å². The number of hydrogen-bond acceptors (Lipinski definition) is 6. The summed E-state index contributed by atoms with van der Waals surface area (Å²) in [6, 6.07) is 10.0. The molecule has 0 radical (unpaired) electrons. The molecule has 4 rings (SSSR count). The lowest BCUT2D eigenvalue weighted by Crippen LogP contribution is -2.07. The van der Waals surface area contributed by atoms with Gasteiger partial charge >= 0.3 is 0 Å². The number of H-pyrrole nitrogens is 1. The Labute approximate surface area is 179 Å². The van der Waals surface area contributed by atoms with Crippen molar-refractivity contribution in [2.75, 3.05) is 18.0 Å². The van der Waals surface area contributed by atoms with E-state index in [0.29, 0.717) is 24.2 Å². The first-order valence-electron chi connectivity index (χ1n) is 9.96. The standard InChI is InChI=1S/C23H25N5OS/c1-16-22(28-15-27-16)14-30-8-4-7-26-23-10-21(24)19(13-29-23)9-18-12-25-11-17-5-2-3-6-20(17)18/h2-3,5-6,10-13,15H,4,7-9,14,24H2,1H3,(H,27,28). The fourth-order valence-electron chi connectivity index (χ4n) is 3.27. The van der Waals surface area contributed by atoms with Crippen molar-refractivity contribution in [1.82, 2.24) is 15.0 Å². The maximum Gasteiger partial charge on any atom is 0.215 e. The molecule has 154 valence electrons. The van der Waals surface area contributed by atoms with Crippen LogP contribution in [0, 0.1) is 6.92 Å². The Morgan fingerprint density at radius 1 is 1.20 bits per heavy atom. The summed E-state index contributed by atoms with van der Waals surface area (Å²) < 4.78 is 5.72. The third-order valence-electron chi connectivity index (χ3n) is 4.99. The Hall–Kier alpha value is -3.06. The van der Waals surface area contributed by atoms with E-state index in [1.165, 1.54) is 5.39 Å². The molecule has 0 spiro atoms. The molecule has 4 aromatic rings. The predicted molar refractivity (Wildman–Crippen MR) is 122 cm³/mol. The molecule has 0 amide bonds. The van der Waals surface area contributed by atoms with Gasteiger partial charge in [0.05, 0.1) is 18.3 Å². The number of rotatable bonds is 8. The van der Waals surface area contributed by atoms with E-state index in [1.54, 1.807) is 12.6 Å². The molecule has 0 aliphatic heterocycles. The van der Waals surface area contributed by atoms with E-state index in [1.807, 2.05) is 49.3 Å². The van der Waals surface area contributed by atoms with Crippen molar-refractivity contribution >= 4 is 28.2 Å². The van der Waals surface area contributed by atoms with Crippen LogP contribution in [0.25, 0.3) is 10.8 Å². The molecule has 0 bridgehead atoms. The largest absolute Gasteiger partial charge is 0.447 e. The van der Waals surface area contributed by atoms with E-state index in [4.69, 9.17) is 10.2 Å². The second-order valence-corrected chi connectivity index (χ2v) is 8.26. The molecule has 6 nitrogen and oxygen atoms in total. The maximum absolute atomic E-state index is 6.28. The SMILES string of the molecule is Cc1[nH]cnc1CSCCCN=c1cc(N)c(Cc2cncc3ccccc23)co1. The van der Waals surface area contributed by atoms with Gasteiger partial charge in [0.25, 0.3) is 0 Å². The van der Waals surface area contributed by atoms with Crippen LogP contribution in [0.2, 0.25) is 0 Å². The number of thioether (sulfide) groups is 1. The first-order chi connectivity index (χ1) is 14.7. The van der Waals surface area contributed by atoms with Crippen molar-refractivity contribution in [1.29, 1.82) is 0 Å². The number of nitrogens with two attached hydrogens (primary N) is 1. The second kappa shape index (κ2) is 9.63. The zero-order valence-electron chi connectivity index (χ0n) is 17.0. The summed E-state index contributed by atoms with van der Waals surface area (Å²) in [4.78, 5) is 16.3. The molecular weight excluding hydrogens is 394 g/mol. The van der Waals surface area contributed by atoms with Crippen LogP contribution in [0.15, 0.2) is 64.7 Å². The summed E-state index contributed by atoms with van der Waals surface area (Å²) in [5, 5.41) is 2.31. The van der Waals surface area contributed by atoms with Gasteiger partial charge in [-0.3, -0.25) is 9.98 Å². The van der Waals surface area contributed by atoms with Gasteiger partial charge in [-0.25, -0.2) is 4.98 Å². The number of aryl methyl sites for hydroxylation is 1. The van der Waals surface area contributed by atoms with E-state index >= 15 is 0 Å². The Morgan fingerprint density at radius 2 is 2.10 bits per heavy atom. The van der Waals surface area contributed by atoms with Gasteiger partial charge in [-0.05, 0) is 30.0 Å². The maximum atomic E-state index is 6.28. The second-order valence-electron chi connectivity index (χ2n) is 7.16. The highest BCUT2D eigenvalue weighted by Crippen LogP contribution is 2.22. The molecule has 3 heterocycles. The molecule has 3 aromatic heterocycles. The van der Waals surface area contributed by atoms with E-state index in [-0.39, 0.29) is 0 Å². The van der Waals surface area contributed by atoms with E-state index in [9.17, 15) is 0 Å². The summed E-state index contributed by atoms with van der Waals surface area (Å²) in [7, 11) is 0. The summed E-state index contributed by atoms with van der Waals surface area (Å²) in [5.74, 6) is 1.95. The Kier molecular flexibility index (Phi) is 6.49. The van der Waals surface area contributed by atoms with E-state index in [0.717, 1.165) is 45.8 Å². The van der Waals surface area contributed by atoms with Gasteiger partial charge in [0.1, 0.15) is 0 Å². The highest BCUT2D eigenvalue weighted by atomic mass is 32.2. The van der Waals surface area contributed by atoms with Crippen LogP contribution in [-0.2, 0) is 12.2 Å². The normalized spacial score (nSPS) is 12.0. The fraction of sp³-hybridized carbons (Fsp3) is 0.261. The molecule has 0 saturated carbocycles. The zero-order valence-corrected chi connectivity index (χ0v) is 17.8. The van der Waals surface area contributed by atoms with Crippen LogP contribution in [0.3, 0.4) is 0 Å². The minimum Gasteiger partial charge on any atom is -0.447 e. The number of benzene rings is 1. The highest BCUT2D eigenvalue weighted by molar-refractivity contribution is 7.98. The van der Waals surface area contributed by atoms with Gasteiger partial charge in [-0.15, -0.1) is 0 Å². The van der Waals surface area contributed by atoms with Gasteiger partial charge in [0.15, 0.2) is 0 Å². The van der Waals surface area contributed by atoms with E-state index in [2.05, 4.69) is 32.1 Å². The van der Waals surface area contributed by atoms with Crippen LogP contribution >= 0.6 is 11.8 Å². The molecule has 0 aliphatic rings. The average molecular weight is 420 g/mol. The third-order valence-corrected chi connectivity index (χ3v) is 6.05. The number of fused-ring (bicyclic) bond motifs is 1. The number of nitrogen functional groups attached to an aromatic ring is 1. The number of pyridine rings is 1. The minimum atomic E-state index is 0.570. The van der Waals surface area contributed by atoms with Gasteiger partial charge in [-0.2, -0.15) is 11.8 Å². The first-order valence-corrected chi connectivity index (χ1v) is 11.1. The molecule has 0 fully saturated rings. The Bertz CT molecular complexity index is 1190. The molecule has 0 saturated heterocycles. The summed E-state index contributed by atoms with van der Waals surface area (Å²) in [6.45, 7) is 2.76. The lowest BCUT2D eigenvalue weighted by atomic mass is 10.0. The number of nitrogens with one attached hydrogen (secondary N) is 1. The monoisotopic (exact) mass is 419 g/mol. The van der Waals surface area contributed by atoms with Crippen molar-refractivity contribution in [2.45, 2.75) is 25.5 Å². The molecule has 7 heteroatoms. The molecule has 1 aromatic carbocycles. The minimum absolute atomic E-state index is 0.570. The van der Waals surface area contributed by atoms with Crippen LogP contribution in [0.5, 0.6) is 0 Å². The number of aromatic amines is 1. The Balaban J connectivity index is 1.34. The predicted octanol–water partition coefficient (Wildman–Crippen LogP) is 4.26. The van der Waals surface area contributed by atoms with Gasteiger partial charge in [-0.1, -0.05) is 24.3 Å². The summed E-state index contributed by atoms with van der Waals surface area (Å²) in [5.41, 5.74) is 11.9. The molecule has 3 N–H and O–H groups in total. The van der Waals surface area contributed by atoms with Crippen LogP contribution in [0.1, 0.15) is 28.9 Å². The number of aromatic nitrogens is 3. The average Bonchev–Trinajstić information content (AvgIpc) is 3.17. The number of anilines is 1. The molecule has 30 heavy (non-hydrogen) atoms. The van der Waals surface area contributed by atoms with Crippen LogP contribution in [0.4, 0.5) is 5.69 Å². The van der Waals surface area contributed by atoms with Crippen molar-refractivity contribution in [3.05, 3.63) is 83.4 Å². The molecule has 0 unspecified atom stereocenters. The topological polar surface area (TPSA) is 93.1 Å². The lowest BCUT2D eigenvalue weighted by Gasteiger charge is -2.08. The summed E-state index contributed by atoms with van der Waals surface area (Å²) >= 11 is 1.86. The van der Waals surface area contributed by atoms with Crippen molar-refractivity contribution in [2.24, 2.45) is 4.99 Å². The third kappa shape index (κ3) is 4.91. The van der Waals surface area contributed by atoms with Gasteiger partial charge in [0, 0.05) is 59.5 Å². The Morgan fingerprint density at radius 3 is 2.93 bits per heavy atom. The van der Waals surface area contributed by atoms with Gasteiger partial charge in [0.2, 0.25) is 5.55 Å². The highest BCUT2D eigenvalue weighted by Gasteiger charge is 2.07. The quantitative estimate of drug-likeness (QED) is 0.416. The fourth-order valence-corrected chi connectivity index (χ4v) is 4.23. The summed E-state index contributed by atoms with van der Waals surface area (Å²) in [6.07, 6.45) is 8.88.